The largest absolute Gasteiger partial charge is 0.459 e. The maximum atomic E-state index is 12.3. The van der Waals surface area contributed by atoms with Crippen molar-refractivity contribution in [3.63, 3.8) is 0 Å². The first-order chi connectivity index (χ1) is 12.0. The summed E-state index contributed by atoms with van der Waals surface area (Å²) in [6.07, 6.45) is 2.34. The molecule has 6 heteroatoms. The molecule has 134 valence electrons. The minimum atomic E-state index is -0.0789. The fourth-order valence-corrected chi connectivity index (χ4v) is 3.24. The second kappa shape index (κ2) is 7.93. The highest BCUT2D eigenvalue weighted by Crippen LogP contribution is 2.24. The Kier molecular flexibility index (Phi) is 5.66. The molecule has 3 rings (SSSR count). The van der Waals surface area contributed by atoms with Crippen LogP contribution in [0.2, 0.25) is 5.02 Å². The van der Waals surface area contributed by atoms with Crippen LogP contribution in [0.5, 0.6) is 0 Å². The monoisotopic (exact) mass is 361 g/mol. The molecule has 1 aliphatic rings. The molecule has 2 amide bonds. The summed E-state index contributed by atoms with van der Waals surface area (Å²) in [5, 5.41) is 3.70. The molecule has 0 bridgehead atoms. The second-order valence-electron chi connectivity index (χ2n) is 6.59. The van der Waals surface area contributed by atoms with Gasteiger partial charge in [0.15, 0.2) is 0 Å². The molecule has 1 unspecified atom stereocenters. The lowest BCUT2D eigenvalue weighted by Gasteiger charge is -2.22. The fourth-order valence-electron chi connectivity index (χ4n) is 3.12. The number of urea groups is 1. The first-order valence-corrected chi connectivity index (χ1v) is 8.94. The summed E-state index contributed by atoms with van der Waals surface area (Å²) < 4.78 is 5.85. The number of benzene rings is 1. The maximum Gasteiger partial charge on any atom is 0.317 e. The van der Waals surface area contributed by atoms with E-state index in [2.05, 4.69) is 17.3 Å². The summed E-state index contributed by atoms with van der Waals surface area (Å²) in [4.78, 5) is 16.2. The zero-order valence-corrected chi connectivity index (χ0v) is 15.4. The number of nitrogens with one attached hydrogen (secondary N) is 1. The van der Waals surface area contributed by atoms with Crippen LogP contribution in [0, 0.1) is 0 Å². The Balaban J connectivity index is 1.53. The van der Waals surface area contributed by atoms with E-state index in [4.69, 9.17) is 16.0 Å². The van der Waals surface area contributed by atoms with Gasteiger partial charge in [-0.2, -0.15) is 0 Å². The van der Waals surface area contributed by atoms with Crippen LogP contribution in [-0.4, -0.2) is 49.1 Å². The summed E-state index contributed by atoms with van der Waals surface area (Å²) in [6, 6.07) is 11.7. The summed E-state index contributed by atoms with van der Waals surface area (Å²) in [7, 11) is 3.88. The van der Waals surface area contributed by atoms with Crippen LogP contribution in [0.4, 0.5) is 4.79 Å². The van der Waals surface area contributed by atoms with Crippen molar-refractivity contribution in [3.8, 4) is 11.3 Å². The van der Waals surface area contributed by atoms with Crippen LogP contribution < -0.4 is 5.32 Å². The summed E-state index contributed by atoms with van der Waals surface area (Å²) in [6.45, 7) is 2.23. The van der Waals surface area contributed by atoms with Gasteiger partial charge in [0, 0.05) is 30.2 Å². The quantitative estimate of drug-likeness (QED) is 0.880. The van der Waals surface area contributed by atoms with Gasteiger partial charge in [0.25, 0.3) is 0 Å². The molecule has 1 fully saturated rings. The molecule has 1 aromatic carbocycles. The average molecular weight is 362 g/mol. The van der Waals surface area contributed by atoms with Crippen LogP contribution in [0.3, 0.4) is 0 Å². The number of carbonyl (C=O) groups excluding carboxylic acids is 1. The van der Waals surface area contributed by atoms with Crippen molar-refractivity contribution in [2.45, 2.75) is 25.4 Å². The molecule has 1 atom stereocenters. The van der Waals surface area contributed by atoms with E-state index >= 15 is 0 Å². The van der Waals surface area contributed by atoms with Crippen LogP contribution >= 0.6 is 11.6 Å². The van der Waals surface area contributed by atoms with Gasteiger partial charge >= 0.3 is 6.03 Å². The molecule has 1 N–H and O–H groups in total. The molecule has 0 radical (unpaired) electrons. The summed E-state index contributed by atoms with van der Waals surface area (Å²) >= 11 is 5.91. The Hall–Kier alpha value is -1.98. The predicted octanol–water partition coefficient (Wildman–Crippen LogP) is 3.84. The standard InChI is InChI=1S/C19H24ClN3O2/c1-22-11-3-4-16(22)12-21-19(24)23(2)13-17-9-10-18(25-17)14-5-7-15(20)8-6-14/h5-10,16H,3-4,11-13H2,1-2H3,(H,21,24). The molecule has 2 aromatic rings. The number of likely N-dealkylation sites (tertiary alicyclic amines) is 1. The van der Waals surface area contributed by atoms with Crippen molar-refractivity contribution in [3.05, 3.63) is 47.2 Å². The number of halogens is 1. The van der Waals surface area contributed by atoms with E-state index in [1.807, 2.05) is 36.4 Å². The van der Waals surface area contributed by atoms with Gasteiger partial charge in [-0.15, -0.1) is 0 Å². The van der Waals surface area contributed by atoms with Crippen molar-refractivity contribution < 1.29 is 9.21 Å². The topological polar surface area (TPSA) is 48.7 Å². The van der Waals surface area contributed by atoms with E-state index < -0.39 is 0 Å². The Bertz CT molecular complexity index is 714. The summed E-state index contributed by atoms with van der Waals surface area (Å²) in [5.74, 6) is 1.52. The number of nitrogens with zero attached hydrogens (tertiary/aromatic N) is 2. The Morgan fingerprint density at radius 3 is 2.76 bits per heavy atom. The van der Waals surface area contributed by atoms with Crippen molar-refractivity contribution in [2.75, 3.05) is 27.2 Å². The molecule has 1 aliphatic heterocycles. The van der Waals surface area contributed by atoms with E-state index in [0.29, 0.717) is 24.2 Å². The van der Waals surface area contributed by atoms with Crippen LogP contribution in [0.25, 0.3) is 11.3 Å². The smallest absolute Gasteiger partial charge is 0.317 e. The van der Waals surface area contributed by atoms with Crippen LogP contribution in [-0.2, 0) is 6.54 Å². The lowest BCUT2D eigenvalue weighted by atomic mass is 10.2. The molecule has 25 heavy (non-hydrogen) atoms. The Morgan fingerprint density at radius 2 is 2.08 bits per heavy atom. The zero-order chi connectivity index (χ0) is 17.8. The minimum absolute atomic E-state index is 0.0789. The summed E-state index contributed by atoms with van der Waals surface area (Å²) in [5.41, 5.74) is 0.965. The normalized spacial score (nSPS) is 17.6. The first-order valence-electron chi connectivity index (χ1n) is 8.57. The van der Waals surface area contributed by atoms with Gasteiger partial charge in [-0.25, -0.2) is 4.79 Å². The van der Waals surface area contributed by atoms with Gasteiger partial charge in [-0.3, -0.25) is 0 Å². The van der Waals surface area contributed by atoms with E-state index in [1.165, 1.54) is 6.42 Å². The highest BCUT2D eigenvalue weighted by atomic mass is 35.5. The number of likely N-dealkylation sites (N-methyl/N-ethyl adjacent to an activating group) is 1. The molecule has 1 saturated heterocycles. The second-order valence-corrected chi connectivity index (χ2v) is 7.03. The molecular weight excluding hydrogens is 338 g/mol. The number of amides is 2. The van der Waals surface area contributed by atoms with E-state index in [-0.39, 0.29) is 6.03 Å². The zero-order valence-electron chi connectivity index (χ0n) is 14.7. The molecule has 0 saturated carbocycles. The predicted molar refractivity (Wildman–Crippen MR) is 99.7 cm³/mol. The Labute approximate surface area is 153 Å². The van der Waals surface area contributed by atoms with Crippen molar-refractivity contribution in [1.29, 1.82) is 0 Å². The number of rotatable bonds is 5. The van der Waals surface area contributed by atoms with Crippen LogP contribution in [0.1, 0.15) is 18.6 Å². The molecule has 2 heterocycles. The number of furan rings is 1. The van der Waals surface area contributed by atoms with Gasteiger partial charge < -0.3 is 19.5 Å². The minimum Gasteiger partial charge on any atom is -0.459 e. The third kappa shape index (κ3) is 4.55. The molecule has 5 nitrogen and oxygen atoms in total. The fraction of sp³-hybridized carbons (Fsp3) is 0.421. The number of hydrogen-bond acceptors (Lipinski definition) is 3. The first kappa shape index (κ1) is 17.8. The highest BCUT2D eigenvalue weighted by molar-refractivity contribution is 6.30. The van der Waals surface area contributed by atoms with Gasteiger partial charge in [-0.1, -0.05) is 11.6 Å². The highest BCUT2D eigenvalue weighted by Gasteiger charge is 2.22. The molecule has 0 aliphatic carbocycles. The lowest BCUT2D eigenvalue weighted by Crippen LogP contribution is -2.43. The number of carbonyl (C=O) groups is 1. The SMILES string of the molecule is CN(Cc1ccc(-c2ccc(Cl)cc2)o1)C(=O)NCC1CCCN1C. The van der Waals surface area contributed by atoms with Gasteiger partial charge in [0.05, 0.1) is 6.54 Å². The van der Waals surface area contributed by atoms with Gasteiger partial charge in [0.2, 0.25) is 0 Å². The molecule has 1 aromatic heterocycles. The number of hydrogen-bond donors (Lipinski definition) is 1. The maximum absolute atomic E-state index is 12.3. The van der Waals surface area contributed by atoms with E-state index in [0.717, 1.165) is 30.0 Å². The van der Waals surface area contributed by atoms with E-state index in [9.17, 15) is 4.79 Å². The van der Waals surface area contributed by atoms with Crippen LogP contribution in [0.15, 0.2) is 40.8 Å². The van der Waals surface area contributed by atoms with Gasteiger partial charge in [-0.05, 0) is 62.8 Å². The van der Waals surface area contributed by atoms with Crippen molar-refractivity contribution >= 4 is 17.6 Å². The lowest BCUT2D eigenvalue weighted by molar-refractivity contribution is 0.198. The Morgan fingerprint density at radius 1 is 1.32 bits per heavy atom. The molecule has 0 spiro atoms. The van der Waals surface area contributed by atoms with Crippen molar-refractivity contribution in [1.82, 2.24) is 15.1 Å². The van der Waals surface area contributed by atoms with Gasteiger partial charge in [0.1, 0.15) is 11.5 Å². The molecular formula is C19H24ClN3O2. The third-order valence-electron chi connectivity index (χ3n) is 4.69. The third-order valence-corrected chi connectivity index (χ3v) is 4.94. The van der Waals surface area contributed by atoms with Crippen molar-refractivity contribution in [2.24, 2.45) is 0 Å². The van der Waals surface area contributed by atoms with E-state index in [1.54, 1.807) is 11.9 Å². The average Bonchev–Trinajstić information content (AvgIpc) is 3.22.